The first kappa shape index (κ1) is 12.5. The second-order valence-corrected chi connectivity index (χ2v) is 4.23. The number of pyridine rings is 1. The summed E-state index contributed by atoms with van der Waals surface area (Å²) in [5.74, 6) is -1.18. The van der Waals surface area contributed by atoms with Crippen LogP contribution in [0.5, 0.6) is 0 Å². The van der Waals surface area contributed by atoms with Crippen molar-refractivity contribution in [3.63, 3.8) is 0 Å². The highest BCUT2D eigenvalue weighted by Gasteiger charge is 2.20. The molecule has 0 radical (unpaired) electrons. The van der Waals surface area contributed by atoms with E-state index in [4.69, 9.17) is 5.11 Å². The second kappa shape index (κ2) is 5.59. The van der Waals surface area contributed by atoms with Gasteiger partial charge in [0, 0.05) is 0 Å². The van der Waals surface area contributed by atoms with Gasteiger partial charge in [0.25, 0.3) is 0 Å². The van der Waals surface area contributed by atoms with E-state index in [2.05, 4.69) is 15.6 Å². The number of rotatable bonds is 3. The van der Waals surface area contributed by atoms with Crippen molar-refractivity contribution in [1.29, 1.82) is 0 Å². The molecule has 18 heavy (non-hydrogen) atoms. The van der Waals surface area contributed by atoms with Gasteiger partial charge in [-0.25, -0.2) is 9.78 Å². The lowest BCUT2D eigenvalue weighted by molar-refractivity contribution is -0.118. The van der Waals surface area contributed by atoms with Crippen LogP contribution < -0.4 is 10.6 Å². The van der Waals surface area contributed by atoms with Gasteiger partial charge in [-0.15, -0.1) is 0 Å². The largest absolute Gasteiger partial charge is 0.477 e. The lowest BCUT2D eigenvalue weighted by Crippen LogP contribution is -2.43. The summed E-state index contributed by atoms with van der Waals surface area (Å²) in [5, 5.41) is 14.6. The molecule has 1 aliphatic rings. The number of carboxylic acid groups (broad SMARTS) is 1. The van der Waals surface area contributed by atoms with Gasteiger partial charge in [0.05, 0.1) is 17.9 Å². The summed E-state index contributed by atoms with van der Waals surface area (Å²) in [7, 11) is 0. The Balaban J connectivity index is 1.96. The second-order valence-electron chi connectivity index (χ2n) is 4.23. The fourth-order valence-corrected chi connectivity index (χ4v) is 1.90. The van der Waals surface area contributed by atoms with E-state index in [0.29, 0.717) is 5.69 Å². The highest BCUT2D eigenvalue weighted by Crippen LogP contribution is 2.11. The molecule has 96 valence electrons. The monoisotopic (exact) mass is 249 g/mol. The maximum Gasteiger partial charge on any atom is 0.354 e. The van der Waals surface area contributed by atoms with Crippen molar-refractivity contribution in [2.24, 2.45) is 0 Å². The summed E-state index contributed by atoms with van der Waals surface area (Å²) in [6.45, 7) is 0.855. The minimum Gasteiger partial charge on any atom is -0.477 e. The first-order valence-corrected chi connectivity index (χ1v) is 5.90. The minimum absolute atomic E-state index is 0.0382. The predicted molar refractivity (Wildman–Crippen MR) is 65.5 cm³/mol. The summed E-state index contributed by atoms with van der Waals surface area (Å²) >= 11 is 0. The number of carbonyl (C=O) groups excluding carboxylic acids is 1. The summed E-state index contributed by atoms with van der Waals surface area (Å²) in [4.78, 5) is 26.2. The SMILES string of the molecule is O=C(O)c1ccc(NC(=O)[C@@H]2CCCCN2)cn1. The quantitative estimate of drug-likeness (QED) is 0.739. The minimum atomic E-state index is -1.08. The van der Waals surface area contributed by atoms with Crippen LogP contribution in [0.2, 0.25) is 0 Å². The number of anilines is 1. The van der Waals surface area contributed by atoms with Crippen molar-refractivity contribution in [2.75, 3.05) is 11.9 Å². The Labute approximate surface area is 104 Å². The maximum atomic E-state index is 11.9. The molecule has 1 atom stereocenters. The van der Waals surface area contributed by atoms with E-state index < -0.39 is 5.97 Å². The molecular weight excluding hydrogens is 234 g/mol. The van der Waals surface area contributed by atoms with Crippen LogP contribution in [0, 0.1) is 0 Å². The molecule has 0 aliphatic carbocycles. The Morgan fingerprint density at radius 3 is 2.78 bits per heavy atom. The summed E-state index contributed by atoms with van der Waals surface area (Å²) in [6, 6.07) is 2.74. The molecule has 0 aromatic carbocycles. The highest BCUT2D eigenvalue weighted by atomic mass is 16.4. The highest BCUT2D eigenvalue weighted by molar-refractivity contribution is 5.95. The van der Waals surface area contributed by atoms with Crippen LogP contribution in [0.1, 0.15) is 29.8 Å². The summed E-state index contributed by atoms with van der Waals surface area (Å²) in [6.07, 6.45) is 4.32. The van der Waals surface area contributed by atoms with Crippen molar-refractivity contribution in [2.45, 2.75) is 25.3 Å². The predicted octanol–water partition coefficient (Wildman–Crippen LogP) is 0.860. The Hall–Kier alpha value is -1.95. The van der Waals surface area contributed by atoms with Gasteiger partial charge in [0.2, 0.25) is 5.91 Å². The molecule has 0 bridgehead atoms. The van der Waals surface area contributed by atoms with Gasteiger partial charge in [-0.05, 0) is 31.5 Å². The van der Waals surface area contributed by atoms with Crippen molar-refractivity contribution in [3.8, 4) is 0 Å². The van der Waals surface area contributed by atoms with Gasteiger partial charge in [-0.1, -0.05) is 6.42 Å². The van der Waals surface area contributed by atoms with E-state index in [1.54, 1.807) is 0 Å². The Morgan fingerprint density at radius 1 is 1.39 bits per heavy atom. The molecule has 0 saturated carbocycles. The van der Waals surface area contributed by atoms with Crippen LogP contribution in [-0.2, 0) is 4.79 Å². The average molecular weight is 249 g/mol. The first-order valence-electron chi connectivity index (χ1n) is 5.90. The number of carbonyl (C=O) groups is 2. The smallest absolute Gasteiger partial charge is 0.354 e. The topological polar surface area (TPSA) is 91.3 Å². The molecule has 1 aromatic rings. The average Bonchev–Trinajstić information content (AvgIpc) is 2.40. The number of aromatic carboxylic acids is 1. The summed E-state index contributed by atoms with van der Waals surface area (Å²) in [5.41, 5.74) is 0.473. The van der Waals surface area contributed by atoms with Crippen LogP contribution in [-0.4, -0.2) is 34.6 Å². The fraction of sp³-hybridized carbons (Fsp3) is 0.417. The lowest BCUT2D eigenvalue weighted by Gasteiger charge is -2.22. The number of nitrogens with one attached hydrogen (secondary N) is 2. The van der Waals surface area contributed by atoms with Crippen LogP contribution in [0.25, 0.3) is 0 Å². The standard InChI is InChI=1S/C12H15N3O3/c16-11(9-3-1-2-6-13-9)15-8-4-5-10(12(17)18)14-7-8/h4-5,7,9,13H,1-3,6H2,(H,15,16)(H,17,18)/t9-/m0/s1. The third-order valence-electron chi connectivity index (χ3n) is 2.88. The maximum absolute atomic E-state index is 11.9. The molecule has 1 saturated heterocycles. The molecule has 6 nitrogen and oxygen atoms in total. The molecular formula is C12H15N3O3. The Kier molecular flexibility index (Phi) is 3.88. The molecule has 1 fully saturated rings. The zero-order chi connectivity index (χ0) is 13.0. The van der Waals surface area contributed by atoms with Gasteiger partial charge in [0.1, 0.15) is 5.69 Å². The van der Waals surface area contributed by atoms with Gasteiger partial charge in [0.15, 0.2) is 0 Å². The number of nitrogens with zero attached hydrogens (tertiary/aromatic N) is 1. The van der Waals surface area contributed by atoms with Crippen molar-refractivity contribution in [3.05, 3.63) is 24.0 Å². The van der Waals surface area contributed by atoms with Gasteiger partial charge >= 0.3 is 5.97 Å². The number of carboxylic acids is 1. The molecule has 1 amide bonds. The van der Waals surface area contributed by atoms with Gasteiger partial charge < -0.3 is 15.7 Å². The summed E-state index contributed by atoms with van der Waals surface area (Å²) < 4.78 is 0. The van der Waals surface area contributed by atoms with E-state index >= 15 is 0 Å². The molecule has 2 rings (SSSR count). The molecule has 1 aliphatic heterocycles. The van der Waals surface area contributed by atoms with E-state index in [1.165, 1.54) is 18.3 Å². The van der Waals surface area contributed by atoms with Crippen molar-refractivity contribution >= 4 is 17.6 Å². The van der Waals surface area contributed by atoms with Crippen molar-refractivity contribution in [1.82, 2.24) is 10.3 Å². The Morgan fingerprint density at radius 2 is 2.22 bits per heavy atom. The van der Waals surface area contributed by atoms with Crippen molar-refractivity contribution < 1.29 is 14.7 Å². The molecule has 6 heteroatoms. The number of amides is 1. The first-order chi connectivity index (χ1) is 8.66. The van der Waals surface area contributed by atoms with Gasteiger partial charge in [-0.3, -0.25) is 4.79 Å². The molecule has 0 spiro atoms. The molecule has 2 heterocycles. The zero-order valence-electron chi connectivity index (χ0n) is 9.85. The van der Waals surface area contributed by atoms with Crippen LogP contribution in [0.3, 0.4) is 0 Å². The number of hydrogen-bond acceptors (Lipinski definition) is 4. The fourth-order valence-electron chi connectivity index (χ4n) is 1.90. The van der Waals surface area contributed by atoms with Crippen LogP contribution in [0.15, 0.2) is 18.3 Å². The number of hydrogen-bond donors (Lipinski definition) is 3. The molecule has 0 unspecified atom stereocenters. The normalized spacial score (nSPS) is 19.2. The third kappa shape index (κ3) is 3.04. The van der Waals surface area contributed by atoms with Crippen LogP contribution in [0.4, 0.5) is 5.69 Å². The van der Waals surface area contributed by atoms with E-state index in [0.717, 1.165) is 25.8 Å². The van der Waals surface area contributed by atoms with E-state index in [-0.39, 0.29) is 17.6 Å². The van der Waals surface area contributed by atoms with Gasteiger partial charge in [-0.2, -0.15) is 0 Å². The molecule has 3 N–H and O–H groups in total. The number of aromatic nitrogens is 1. The molecule has 1 aromatic heterocycles. The van der Waals surface area contributed by atoms with Crippen LogP contribution >= 0.6 is 0 Å². The zero-order valence-corrected chi connectivity index (χ0v) is 9.85. The van der Waals surface area contributed by atoms with E-state index in [1.807, 2.05) is 0 Å². The number of piperidine rings is 1. The lowest BCUT2D eigenvalue weighted by atomic mass is 10.0. The Bertz CT molecular complexity index is 438. The van der Waals surface area contributed by atoms with E-state index in [9.17, 15) is 9.59 Å². The third-order valence-corrected chi connectivity index (χ3v) is 2.88.